The molecule has 2 N–H and O–H groups in total. The van der Waals surface area contributed by atoms with Gasteiger partial charge in [0.1, 0.15) is 5.75 Å². The Kier molecular flexibility index (Phi) is 4.82. The Balaban J connectivity index is 1.98. The maximum absolute atomic E-state index is 12.1. The molecule has 2 aromatic carbocycles. The van der Waals surface area contributed by atoms with E-state index in [2.05, 4.69) is 5.32 Å². The molecule has 0 atom stereocenters. The second kappa shape index (κ2) is 6.62. The van der Waals surface area contributed by atoms with E-state index in [1.807, 2.05) is 0 Å². The van der Waals surface area contributed by atoms with Crippen molar-refractivity contribution in [2.75, 3.05) is 12.3 Å². The lowest BCUT2D eigenvalue weighted by Crippen LogP contribution is -2.29. The van der Waals surface area contributed by atoms with E-state index in [1.54, 1.807) is 31.2 Å². The summed E-state index contributed by atoms with van der Waals surface area (Å²) in [5.74, 6) is -0.820. The van der Waals surface area contributed by atoms with Crippen molar-refractivity contribution in [1.29, 1.82) is 0 Å². The molecular formula is C16H17NO4S. The van der Waals surface area contributed by atoms with Crippen molar-refractivity contribution in [3.8, 4) is 5.75 Å². The van der Waals surface area contributed by atoms with Crippen LogP contribution in [0.3, 0.4) is 0 Å². The minimum absolute atomic E-state index is 0.0244. The van der Waals surface area contributed by atoms with Gasteiger partial charge in [-0.25, -0.2) is 8.42 Å². The van der Waals surface area contributed by atoms with Crippen LogP contribution in [-0.2, 0) is 9.84 Å². The lowest BCUT2D eigenvalue weighted by atomic mass is 10.1. The molecule has 5 nitrogen and oxygen atoms in total. The highest BCUT2D eigenvalue weighted by molar-refractivity contribution is 7.91. The molecule has 0 unspecified atom stereocenters. The molecule has 0 saturated carbocycles. The van der Waals surface area contributed by atoms with E-state index < -0.39 is 15.7 Å². The quantitative estimate of drug-likeness (QED) is 0.882. The van der Waals surface area contributed by atoms with Crippen LogP contribution in [0.2, 0.25) is 0 Å². The first-order valence-corrected chi connectivity index (χ1v) is 8.41. The van der Waals surface area contributed by atoms with Gasteiger partial charge < -0.3 is 10.4 Å². The molecule has 2 rings (SSSR count). The normalized spacial score (nSPS) is 11.1. The standard InChI is InChI=1S/C16H17NO4S/c1-12-7-8-14(15(18)11-12)16(19)17-9-10-22(20,21)13-5-3-2-4-6-13/h2-8,11,18H,9-10H2,1H3,(H,17,19). The van der Waals surface area contributed by atoms with Gasteiger partial charge in [0.15, 0.2) is 9.84 Å². The number of phenols is 1. The van der Waals surface area contributed by atoms with Gasteiger partial charge in [-0.05, 0) is 36.8 Å². The summed E-state index contributed by atoms with van der Waals surface area (Å²) in [7, 11) is -3.43. The van der Waals surface area contributed by atoms with E-state index in [9.17, 15) is 18.3 Å². The number of hydrogen-bond donors (Lipinski definition) is 2. The first kappa shape index (κ1) is 16.0. The van der Waals surface area contributed by atoms with Crippen LogP contribution in [0.4, 0.5) is 0 Å². The summed E-state index contributed by atoms with van der Waals surface area (Å²) < 4.78 is 24.1. The van der Waals surface area contributed by atoms with Crippen LogP contribution in [0.25, 0.3) is 0 Å². The number of hydrogen-bond acceptors (Lipinski definition) is 4. The zero-order valence-electron chi connectivity index (χ0n) is 12.1. The highest BCUT2D eigenvalue weighted by Crippen LogP contribution is 2.18. The Hall–Kier alpha value is -2.34. The van der Waals surface area contributed by atoms with E-state index >= 15 is 0 Å². The predicted octanol–water partition coefficient (Wildman–Crippen LogP) is 1.90. The average Bonchev–Trinajstić information content (AvgIpc) is 2.47. The Bertz CT molecular complexity index is 770. The van der Waals surface area contributed by atoms with Gasteiger partial charge >= 0.3 is 0 Å². The molecule has 6 heteroatoms. The molecule has 0 aliphatic carbocycles. The van der Waals surface area contributed by atoms with E-state index in [1.165, 1.54) is 24.3 Å². The molecular weight excluding hydrogens is 302 g/mol. The summed E-state index contributed by atoms with van der Waals surface area (Å²) in [6.07, 6.45) is 0. The number of phenolic OH excluding ortho intramolecular Hbond substituents is 1. The number of benzene rings is 2. The van der Waals surface area contributed by atoms with Gasteiger partial charge in [-0.1, -0.05) is 24.3 Å². The number of carbonyl (C=O) groups is 1. The van der Waals surface area contributed by atoms with Crippen molar-refractivity contribution >= 4 is 15.7 Å². The average molecular weight is 319 g/mol. The van der Waals surface area contributed by atoms with Gasteiger partial charge in [0.25, 0.3) is 5.91 Å². The molecule has 0 heterocycles. The number of aromatic hydroxyl groups is 1. The van der Waals surface area contributed by atoms with Crippen LogP contribution in [0.15, 0.2) is 53.4 Å². The van der Waals surface area contributed by atoms with E-state index in [4.69, 9.17) is 0 Å². The fourth-order valence-corrected chi connectivity index (χ4v) is 3.15. The third kappa shape index (κ3) is 3.85. The Morgan fingerprint density at radius 3 is 2.45 bits per heavy atom. The molecule has 0 spiro atoms. The minimum atomic E-state index is -3.43. The first-order valence-electron chi connectivity index (χ1n) is 6.76. The van der Waals surface area contributed by atoms with Crippen molar-refractivity contribution in [3.63, 3.8) is 0 Å². The molecule has 0 bridgehead atoms. The second-order valence-electron chi connectivity index (χ2n) is 4.91. The first-order chi connectivity index (χ1) is 10.4. The van der Waals surface area contributed by atoms with Crippen molar-refractivity contribution < 1.29 is 18.3 Å². The number of sulfone groups is 1. The molecule has 116 valence electrons. The van der Waals surface area contributed by atoms with Crippen LogP contribution in [0.1, 0.15) is 15.9 Å². The van der Waals surface area contributed by atoms with Gasteiger partial charge in [-0.3, -0.25) is 4.79 Å². The lowest BCUT2D eigenvalue weighted by molar-refractivity contribution is 0.0953. The predicted molar refractivity (Wildman–Crippen MR) is 83.7 cm³/mol. The smallest absolute Gasteiger partial charge is 0.255 e. The van der Waals surface area contributed by atoms with Crippen molar-refractivity contribution in [2.45, 2.75) is 11.8 Å². The summed E-state index contributed by atoms with van der Waals surface area (Å²) in [5.41, 5.74) is 0.961. The Morgan fingerprint density at radius 2 is 1.82 bits per heavy atom. The van der Waals surface area contributed by atoms with Crippen molar-refractivity contribution in [1.82, 2.24) is 5.32 Å². The number of aryl methyl sites for hydroxylation is 1. The van der Waals surface area contributed by atoms with Gasteiger partial charge in [0, 0.05) is 6.54 Å². The van der Waals surface area contributed by atoms with Gasteiger partial charge in [-0.2, -0.15) is 0 Å². The van der Waals surface area contributed by atoms with E-state index in [0.717, 1.165) is 5.56 Å². The fourth-order valence-electron chi connectivity index (χ4n) is 1.97. The lowest BCUT2D eigenvalue weighted by Gasteiger charge is -2.08. The van der Waals surface area contributed by atoms with Crippen LogP contribution >= 0.6 is 0 Å². The maximum Gasteiger partial charge on any atom is 0.255 e. The third-order valence-electron chi connectivity index (χ3n) is 3.16. The van der Waals surface area contributed by atoms with Crippen LogP contribution in [-0.4, -0.2) is 31.7 Å². The molecule has 0 fully saturated rings. The monoisotopic (exact) mass is 319 g/mol. The second-order valence-corrected chi connectivity index (χ2v) is 7.02. The van der Waals surface area contributed by atoms with Gasteiger partial charge in [0.05, 0.1) is 16.2 Å². The van der Waals surface area contributed by atoms with Gasteiger partial charge in [0.2, 0.25) is 0 Å². The molecule has 0 radical (unpaired) electrons. The zero-order chi connectivity index (χ0) is 16.2. The summed E-state index contributed by atoms with van der Waals surface area (Å²) in [5, 5.41) is 12.2. The van der Waals surface area contributed by atoms with Crippen molar-refractivity contribution in [2.24, 2.45) is 0 Å². The molecule has 1 amide bonds. The van der Waals surface area contributed by atoms with Crippen molar-refractivity contribution in [3.05, 3.63) is 59.7 Å². The van der Waals surface area contributed by atoms with E-state index in [0.29, 0.717) is 0 Å². The van der Waals surface area contributed by atoms with Crippen LogP contribution < -0.4 is 5.32 Å². The molecule has 0 aliphatic rings. The molecule has 0 aliphatic heterocycles. The number of nitrogens with one attached hydrogen (secondary N) is 1. The topological polar surface area (TPSA) is 83.5 Å². The fraction of sp³-hybridized carbons (Fsp3) is 0.188. The number of rotatable bonds is 5. The van der Waals surface area contributed by atoms with Crippen LogP contribution in [0, 0.1) is 6.92 Å². The molecule has 0 saturated heterocycles. The summed E-state index contributed by atoms with van der Waals surface area (Å²) in [6, 6.07) is 12.8. The largest absolute Gasteiger partial charge is 0.507 e. The highest BCUT2D eigenvalue weighted by Gasteiger charge is 2.15. The Labute approximate surface area is 129 Å². The van der Waals surface area contributed by atoms with Gasteiger partial charge in [-0.15, -0.1) is 0 Å². The third-order valence-corrected chi connectivity index (χ3v) is 4.89. The Morgan fingerprint density at radius 1 is 1.14 bits per heavy atom. The molecule has 0 aromatic heterocycles. The summed E-state index contributed by atoms with van der Waals surface area (Å²) >= 11 is 0. The van der Waals surface area contributed by atoms with Crippen LogP contribution in [0.5, 0.6) is 5.75 Å². The maximum atomic E-state index is 12.1. The SMILES string of the molecule is Cc1ccc(C(=O)NCCS(=O)(=O)c2ccccc2)c(O)c1. The summed E-state index contributed by atoms with van der Waals surface area (Å²) in [4.78, 5) is 12.2. The molecule has 2 aromatic rings. The summed E-state index contributed by atoms with van der Waals surface area (Å²) in [6.45, 7) is 1.78. The molecule has 22 heavy (non-hydrogen) atoms. The minimum Gasteiger partial charge on any atom is -0.507 e. The number of carbonyl (C=O) groups excluding carboxylic acids is 1. The van der Waals surface area contributed by atoms with E-state index in [-0.39, 0.29) is 28.5 Å². The number of amides is 1. The zero-order valence-corrected chi connectivity index (χ0v) is 12.9. The highest BCUT2D eigenvalue weighted by atomic mass is 32.2.